The molecule has 0 bridgehead atoms. The van der Waals surface area contributed by atoms with Crippen molar-refractivity contribution in [1.82, 2.24) is 14.7 Å². The number of likely N-dealkylation sites (N-methyl/N-ethyl adjacent to an activating group) is 1. The average molecular weight is 284 g/mol. The third-order valence-corrected chi connectivity index (χ3v) is 2.87. The Morgan fingerprint density at radius 3 is 2.55 bits per heavy atom. The molecule has 6 heteroatoms. The third-order valence-electron chi connectivity index (χ3n) is 2.87. The highest BCUT2D eigenvalue weighted by Gasteiger charge is 2.21. The van der Waals surface area contributed by atoms with E-state index < -0.39 is 0 Å². The molecule has 0 amide bonds. The Kier molecular flexibility index (Phi) is 5.98. The van der Waals surface area contributed by atoms with Crippen LogP contribution in [0.2, 0.25) is 0 Å². The van der Waals surface area contributed by atoms with Crippen molar-refractivity contribution in [3.63, 3.8) is 0 Å². The molecular weight excluding hydrogens is 256 g/mol. The lowest BCUT2D eigenvalue weighted by Gasteiger charge is -2.23. The Labute approximate surface area is 121 Å². The predicted molar refractivity (Wildman–Crippen MR) is 80.0 cm³/mol. The summed E-state index contributed by atoms with van der Waals surface area (Å²) in [6.45, 7) is 8.15. The second kappa shape index (κ2) is 7.06. The highest BCUT2D eigenvalue weighted by molar-refractivity contribution is 5.28. The van der Waals surface area contributed by atoms with Crippen LogP contribution in [0.1, 0.15) is 32.5 Å². The summed E-state index contributed by atoms with van der Waals surface area (Å²) in [5.74, 6) is 0.716. The van der Waals surface area contributed by atoms with Crippen molar-refractivity contribution in [2.45, 2.75) is 39.0 Å². The molecule has 0 fully saturated rings. The minimum absolute atomic E-state index is 0.209. The number of nitrogens with two attached hydrogens (primary N) is 1. The Bertz CT molecular complexity index is 410. The first kappa shape index (κ1) is 16.9. The lowest BCUT2D eigenvalue weighted by Crippen LogP contribution is -2.29. The number of hydrogen-bond donors (Lipinski definition) is 1. The smallest absolute Gasteiger partial charge is 0.161 e. The van der Waals surface area contributed by atoms with E-state index in [9.17, 15) is 0 Å². The van der Waals surface area contributed by atoms with Crippen LogP contribution in [0.25, 0.3) is 0 Å². The minimum Gasteiger partial charge on any atom is -0.493 e. The molecule has 20 heavy (non-hydrogen) atoms. The molecule has 0 saturated carbocycles. The first-order chi connectivity index (χ1) is 9.24. The molecule has 116 valence electrons. The van der Waals surface area contributed by atoms with Gasteiger partial charge in [-0.3, -0.25) is 4.68 Å². The first-order valence-corrected chi connectivity index (χ1v) is 6.88. The normalized spacial score (nSPS) is 13.8. The lowest BCUT2D eigenvalue weighted by molar-refractivity contribution is -0.0113. The van der Waals surface area contributed by atoms with Crippen LogP contribution in [0.3, 0.4) is 0 Å². The van der Waals surface area contributed by atoms with E-state index >= 15 is 0 Å². The van der Waals surface area contributed by atoms with E-state index in [1.807, 2.05) is 39.5 Å². The fraction of sp³-hybridized carbons (Fsp3) is 0.786. The Balaban J connectivity index is 2.81. The van der Waals surface area contributed by atoms with Crippen LogP contribution in [0.5, 0.6) is 5.75 Å². The maximum atomic E-state index is 6.25. The number of hydrogen-bond acceptors (Lipinski definition) is 5. The second-order valence-electron chi connectivity index (χ2n) is 6.15. The summed E-state index contributed by atoms with van der Waals surface area (Å²) in [4.78, 5) is 2.11. The fourth-order valence-electron chi connectivity index (χ4n) is 1.80. The molecule has 0 radical (unpaired) electrons. The Morgan fingerprint density at radius 2 is 2.05 bits per heavy atom. The zero-order valence-corrected chi connectivity index (χ0v) is 13.5. The molecule has 1 aromatic heterocycles. The maximum Gasteiger partial charge on any atom is 0.161 e. The van der Waals surface area contributed by atoms with Crippen LogP contribution >= 0.6 is 0 Å². The predicted octanol–water partition coefficient (Wildman–Crippen LogP) is 1.27. The highest BCUT2D eigenvalue weighted by atomic mass is 16.5. The molecule has 1 atom stereocenters. The van der Waals surface area contributed by atoms with Crippen LogP contribution in [0.4, 0.5) is 0 Å². The van der Waals surface area contributed by atoms with E-state index in [1.54, 1.807) is 13.3 Å². The molecule has 1 aromatic rings. The van der Waals surface area contributed by atoms with Gasteiger partial charge in [0, 0.05) is 6.54 Å². The van der Waals surface area contributed by atoms with Gasteiger partial charge in [-0.05, 0) is 34.9 Å². The van der Waals surface area contributed by atoms with Gasteiger partial charge in [0.1, 0.15) is 0 Å². The zero-order valence-electron chi connectivity index (χ0n) is 13.5. The molecule has 0 aliphatic carbocycles. The van der Waals surface area contributed by atoms with E-state index in [-0.39, 0.29) is 11.6 Å². The topological polar surface area (TPSA) is 65.5 Å². The minimum atomic E-state index is -0.256. The number of nitrogens with zero attached hydrogens (tertiary/aromatic N) is 3. The van der Waals surface area contributed by atoms with Crippen LogP contribution in [-0.4, -0.2) is 54.6 Å². The van der Waals surface area contributed by atoms with Gasteiger partial charge in [-0.15, -0.1) is 0 Å². The molecule has 0 aromatic carbocycles. The number of ether oxygens (including phenoxy) is 2. The standard InChI is InChI=1S/C14H28N4O2/c1-14(2,3)20-10-11(15)13-12(19-6)9-16-18(13)8-7-17(4)5/h9,11H,7-8,10,15H2,1-6H3. The Hall–Kier alpha value is -1.11. The van der Waals surface area contributed by atoms with Gasteiger partial charge in [-0.25, -0.2) is 0 Å². The second-order valence-corrected chi connectivity index (χ2v) is 6.15. The third kappa shape index (κ3) is 5.11. The van der Waals surface area contributed by atoms with Gasteiger partial charge < -0.3 is 20.1 Å². The van der Waals surface area contributed by atoms with E-state index in [0.29, 0.717) is 12.4 Å². The summed E-state index contributed by atoms with van der Waals surface area (Å²) < 4.78 is 13.0. The molecule has 0 aliphatic heterocycles. The van der Waals surface area contributed by atoms with Gasteiger partial charge in [0.2, 0.25) is 0 Å². The molecule has 6 nitrogen and oxygen atoms in total. The largest absolute Gasteiger partial charge is 0.493 e. The summed E-state index contributed by atoms with van der Waals surface area (Å²) in [5, 5.41) is 4.35. The number of methoxy groups -OCH3 is 1. The number of rotatable bonds is 7. The van der Waals surface area contributed by atoms with Crippen LogP contribution < -0.4 is 10.5 Å². The van der Waals surface area contributed by atoms with E-state index in [0.717, 1.165) is 18.8 Å². The van der Waals surface area contributed by atoms with Crippen molar-refractivity contribution in [3.05, 3.63) is 11.9 Å². The highest BCUT2D eigenvalue weighted by Crippen LogP contribution is 2.24. The van der Waals surface area contributed by atoms with Crippen molar-refractivity contribution >= 4 is 0 Å². The molecule has 0 aliphatic rings. The zero-order chi connectivity index (χ0) is 15.3. The maximum absolute atomic E-state index is 6.25. The fourth-order valence-corrected chi connectivity index (χ4v) is 1.80. The van der Waals surface area contributed by atoms with E-state index in [4.69, 9.17) is 15.2 Å². The molecule has 0 spiro atoms. The van der Waals surface area contributed by atoms with Crippen molar-refractivity contribution in [1.29, 1.82) is 0 Å². The number of aromatic nitrogens is 2. The molecule has 2 N–H and O–H groups in total. The SMILES string of the molecule is COc1cnn(CCN(C)C)c1C(N)COC(C)(C)C. The molecule has 1 heterocycles. The molecule has 1 unspecified atom stereocenters. The van der Waals surface area contributed by atoms with Gasteiger partial charge in [0.05, 0.1) is 43.8 Å². The van der Waals surface area contributed by atoms with Gasteiger partial charge in [0.25, 0.3) is 0 Å². The van der Waals surface area contributed by atoms with Gasteiger partial charge in [-0.1, -0.05) is 0 Å². The van der Waals surface area contributed by atoms with Crippen LogP contribution in [0, 0.1) is 0 Å². The summed E-state index contributed by atoms with van der Waals surface area (Å²) >= 11 is 0. The monoisotopic (exact) mass is 284 g/mol. The lowest BCUT2D eigenvalue weighted by atomic mass is 10.1. The summed E-state index contributed by atoms with van der Waals surface area (Å²) in [6.07, 6.45) is 1.71. The molecular formula is C14H28N4O2. The van der Waals surface area contributed by atoms with Crippen molar-refractivity contribution in [2.75, 3.05) is 34.4 Å². The quantitative estimate of drug-likeness (QED) is 0.817. The average Bonchev–Trinajstić information content (AvgIpc) is 2.75. The van der Waals surface area contributed by atoms with E-state index in [2.05, 4.69) is 10.00 Å². The van der Waals surface area contributed by atoms with Crippen LogP contribution in [-0.2, 0) is 11.3 Å². The van der Waals surface area contributed by atoms with E-state index in [1.165, 1.54) is 0 Å². The van der Waals surface area contributed by atoms with Crippen LogP contribution in [0.15, 0.2) is 6.20 Å². The van der Waals surface area contributed by atoms with Crippen molar-refractivity contribution in [3.8, 4) is 5.75 Å². The van der Waals surface area contributed by atoms with Gasteiger partial charge in [-0.2, -0.15) is 5.10 Å². The van der Waals surface area contributed by atoms with Gasteiger partial charge in [0.15, 0.2) is 5.75 Å². The summed E-state index contributed by atoms with van der Waals surface area (Å²) in [7, 11) is 5.69. The van der Waals surface area contributed by atoms with Crippen molar-refractivity contribution < 1.29 is 9.47 Å². The van der Waals surface area contributed by atoms with Gasteiger partial charge >= 0.3 is 0 Å². The molecule has 1 rings (SSSR count). The van der Waals surface area contributed by atoms with Crippen molar-refractivity contribution in [2.24, 2.45) is 5.73 Å². The molecule has 0 saturated heterocycles. The summed E-state index contributed by atoms with van der Waals surface area (Å²) in [5.41, 5.74) is 6.93. The summed E-state index contributed by atoms with van der Waals surface area (Å²) in [6, 6.07) is -0.256. The Morgan fingerprint density at radius 1 is 1.40 bits per heavy atom. The first-order valence-electron chi connectivity index (χ1n) is 6.88.